The Morgan fingerprint density at radius 1 is 1.13 bits per heavy atom. The van der Waals surface area contributed by atoms with E-state index in [1.54, 1.807) is 6.07 Å². The Balaban J connectivity index is 1.79. The van der Waals surface area contributed by atoms with Crippen molar-refractivity contribution in [2.75, 3.05) is 10.2 Å². The number of hydrogen-bond donors (Lipinski definition) is 1. The zero-order valence-electron chi connectivity index (χ0n) is 12.8. The maximum Gasteiger partial charge on any atom is 0.256 e. The second-order valence-corrected chi connectivity index (χ2v) is 5.47. The molecule has 0 aromatic heterocycles. The molecule has 2 aromatic carbocycles. The highest BCUT2D eigenvalue weighted by molar-refractivity contribution is 6.23. The van der Waals surface area contributed by atoms with E-state index in [1.165, 1.54) is 23.8 Å². The molecule has 2 amide bonds. The monoisotopic (exact) mass is 312 g/mol. The molecule has 4 nitrogen and oxygen atoms in total. The summed E-state index contributed by atoms with van der Waals surface area (Å²) in [5, 5.41) is 3.06. The highest BCUT2D eigenvalue weighted by atomic mass is 19.1. The van der Waals surface area contributed by atoms with E-state index in [-0.39, 0.29) is 12.1 Å². The number of anilines is 2. The van der Waals surface area contributed by atoms with Gasteiger partial charge in [-0.15, -0.1) is 0 Å². The molecular formula is C18H17FN2O2. The first-order chi connectivity index (χ1) is 11.1. The number of benzene rings is 2. The van der Waals surface area contributed by atoms with Crippen LogP contribution in [0.2, 0.25) is 0 Å². The molecule has 0 bridgehead atoms. The van der Waals surface area contributed by atoms with Gasteiger partial charge in [-0.25, -0.2) is 9.29 Å². The number of rotatable bonds is 4. The minimum atomic E-state index is -0.672. The minimum Gasteiger partial charge on any atom is -0.373 e. The van der Waals surface area contributed by atoms with Crippen LogP contribution < -0.4 is 10.2 Å². The first-order valence-electron chi connectivity index (χ1n) is 7.57. The van der Waals surface area contributed by atoms with Gasteiger partial charge in [-0.3, -0.25) is 9.59 Å². The standard InChI is InChI=1S/C18H17FN2O2/c1-2-12-7-9-13(10-8-12)20-15-11-17(22)21(18(15)23)16-6-4-3-5-14(16)19/h3-10,15,20H,2,11H2,1H3/t15-/m1/s1. The highest BCUT2D eigenvalue weighted by Crippen LogP contribution is 2.27. The Labute approximate surface area is 133 Å². The summed E-state index contributed by atoms with van der Waals surface area (Å²) < 4.78 is 13.9. The van der Waals surface area contributed by atoms with Gasteiger partial charge in [-0.05, 0) is 36.2 Å². The topological polar surface area (TPSA) is 49.4 Å². The molecule has 5 heteroatoms. The van der Waals surface area contributed by atoms with Crippen molar-refractivity contribution < 1.29 is 14.0 Å². The van der Waals surface area contributed by atoms with Gasteiger partial charge in [0, 0.05) is 5.69 Å². The molecule has 1 fully saturated rings. The average Bonchev–Trinajstić information content (AvgIpc) is 2.83. The van der Waals surface area contributed by atoms with Crippen LogP contribution in [-0.2, 0) is 16.0 Å². The lowest BCUT2D eigenvalue weighted by Crippen LogP contribution is -2.35. The molecule has 0 unspecified atom stereocenters. The van der Waals surface area contributed by atoms with E-state index in [1.807, 2.05) is 24.3 Å². The zero-order chi connectivity index (χ0) is 16.4. The lowest BCUT2D eigenvalue weighted by Gasteiger charge is -2.16. The van der Waals surface area contributed by atoms with Crippen LogP contribution in [0.25, 0.3) is 0 Å². The maximum atomic E-state index is 13.9. The summed E-state index contributed by atoms with van der Waals surface area (Å²) in [7, 11) is 0. The first kappa shape index (κ1) is 15.2. The first-order valence-corrected chi connectivity index (χ1v) is 7.57. The Morgan fingerprint density at radius 3 is 2.48 bits per heavy atom. The molecule has 0 radical (unpaired) electrons. The number of nitrogens with one attached hydrogen (secondary N) is 1. The Morgan fingerprint density at radius 2 is 1.83 bits per heavy atom. The molecule has 1 aliphatic heterocycles. The van der Waals surface area contributed by atoms with Gasteiger partial charge in [0.05, 0.1) is 12.1 Å². The van der Waals surface area contributed by atoms with E-state index in [4.69, 9.17) is 0 Å². The molecule has 1 atom stereocenters. The third-order valence-corrected chi connectivity index (χ3v) is 3.94. The number of carbonyl (C=O) groups excluding carboxylic acids is 2. The van der Waals surface area contributed by atoms with E-state index >= 15 is 0 Å². The van der Waals surface area contributed by atoms with E-state index in [2.05, 4.69) is 12.2 Å². The van der Waals surface area contributed by atoms with Crippen molar-refractivity contribution in [3.8, 4) is 0 Å². The Hall–Kier alpha value is -2.69. The van der Waals surface area contributed by atoms with Gasteiger partial charge in [0.25, 0.3) is 5.91 Å². The molecular weight excluding hydrogens is 295 g/mol. The third-order valence-electron chi connectivity index (χ3n) is 3.94. The van der Waals surface area contributed by atoms with Crippen LogP contribution in [0.15, 0.2) is 48.5 Å². The van der Waals surface area contributed by atoms with Crippen LogP contribution in [0.3, 0.4) is 0 Å². The quantitative estimate of drug-likeness (QED) is 0.882. The normalized spacial score (nSPS) is 17.7. The molecule has 3 rings (SSSR count). The van der Waals surface area contributed by atoms with Crippen LogP contribution in [0.4, 0.5) is 15.8 Å². The largest absolute Gasteiger partial charge is 0.373 e. The predicted octanol–water partition coefficient (Wildman–Crippen LogP) is 3.13. The van der Waals surface area contributed by atoms with Crippen LogP contribution in [0.5, 0.6) is 0 Å². The minimum absolute atomic E-state index is 0.00753. The van der Waals surface area contributed by atoms with Gasteiger partial charge in [-0.1, -0.05) is 31.2 Å². The fourth-order valence-electron chi connectivity index (χ4n) is 2.67. The van der Waals surface area contributed by atoms with Gasteiger partial charge in [0.2, 0.25) is 5.91 Å². The van der Waals surface area contributed by atoms with Gasteiger partial charge in [0.15, 0.2) is 0 Å². The third kappa shape index (κ3) is 2.95. The molecule has 23 heavy (non-hydrogen) atoms. The molecule has 1 heterocycles. The van der Waals surface area contributed by atoms with E-state index < -0.39 is 23.7 Å². The van der Waals surface area contributed by atoms with Gasteiger partial charge >= 0.3 is 0 Å². The molecule has 0 saturated carbocycles. The highest BCUT2D eigenvalue weighted by Gasteiger charge is 2.40. The molecule has 0 spiro atoms. The van der Waals surface area contributed by atoms with Crippen molar-refractivity contribution in [3.63, 3.8) is 0 Å². The van der Waals surface area contributed by atoms with Crippen LogP contribution in [0.1, 0.15) is 18.9 Å². The summed E-state index contributed by atoms with van der Waals surface area (Å²) >= 11 is 0. The van der Waals surface area contributed by atoms with E-state index in [0.29, 0.717) is 0 Å². The number of nitrogens with zero attached hydrogens (tertiary/aromatic N) is 1. The van der Waals surface area contributed by atoms with Crippen molar-refractivity contribution in [2.45, 2.75) is 25.8 Å². The van der Waals surface area contributed by atoms with Crippen molar-refractivity contribution in [2.24, 2.45) is 0 Å². The Bertz CT molecular complexity index is 743. The second-order valence-electron chi connectivity index (χ2n) is 5.47. The second kappa shape index (κ2) is 6.20. The fraction of sp³-hybridized carbons (Fsp3) is 0.222. The molecule has 0 aliphatic carbocycles. The lowest BCUT2D eigenvalue weighted by molar-refractivity contribution is -0.121. The van der Waals surface area contributed by atoms with Crippen molar-refractivity contribution in [1.82, 2.24) is 0 Å². The molecule has 1 N–H and O–H groups in total. The SMILES string of the molecule is CCc1ccc(N[C@@H]2CC(=O)N(c3ccccc3F)C2=O)cc1. The smallest absolute Gasteiger partial charge is 0.256 e. The number of hydrogen-bond acceptors (Lipinski definition) is 3. The summed E-state index contributed by atoms with van der Waals surface area (Å²) in [5.41, 5.74) is 1.97. The van der Waals surface area contributed by atoms with Gasteiger partial charge in [-0.2, -0.15) is 0 Å². The van der Waals surface area contributed by atoms with Crippen molar-refractivity contribution >= 4 is 23.2 Å². The van der Waals surface area contributed by atoms with Crippen LogP contribution in [0, 0.1) is 5.82 Å². The summed E-state index contributed by atoms with van der Waals surface area (Å²) in [6.45, 7) is 2.06. The average molecular weight is 312 g/mol. The van der Waals surface area contributed by atoms with Crippen molar-refractivity contribution in [3.05, 3.63) is 59.9 Å². The predicted molar refractivity (Wildman–Crippen MR) is 86.7 cm³/mol. The lowest BCUT2D eigenvalue weighted by atomic mass is 10.1. The maximum absolute atomic E-state index is 13.9. The van der Waals surface area contributed by atoms with E-state index in [9.17, 15) is 14.0 Å². The summed E-state index contributed by atoms with van der Waals surface area (Å²) in [4.78, 5) is 25.5. The fourth-order valence-corrected chi connectivity index (χ4v) is 2.67. The van der Waals surface area contributed by atoms with Gasteiger partial charge < -0.3 is 5.32 Å². The summed E-state index contributed by atoms with van der Waals surface area (Å²) in [6, 6.07) is 12.8. The number of amides is 2. The van der Waals surface area contributed by atoms with Gasteiger partial charge in [0.1, 0.15) is 11.9 Å². The van der Waals surface area contributed by atoms with Crippen molar-refractivity contribution in [1.29, 1.82) is 0 Å². The van der Waals surface area contributed by atoms with E-state index in [0.717, 1.165) is 17.0 Å². The summed E-state index contributed by atoms with van der Waals surface area (Å²) in [6.07, 6.45) is 0.949. The number of carbonyl (C=O) groups is 2. The molecule has 1 aliphatic rings. The molecule has 118 valence electrons. The molecule has 2 aromatic rings. The number of halogens is 1. The number of aryl methyl sites for hydroxylation is 1. The number of imide groups is 1. The van der Waals surface area contributed by atoms with Crippen LogP contribution in [-0.4, -0.2) is 17.9 Å². The zero-order valence-corrected chi connectivity index (χ0v) is 12.8. The Kier molecular flexibility index (Phi) is 4.10. The summed E-state index contributed by atoms with van der Waals surface area (Å²) in [5.74, 6) is -1.41. The van der Waals surface area contributed by atoms with Crippen LogP contribution >= 0.6 is 0 Å². The number of para-hydroxylation sites is 1. The molecule has 1 saturated heterocycles.